The lowest BCUT2D eigenvalue weighted by Gasteiger charge is -2.33. The van der Waals surface area contributed by atoms with E-state index < -0.39 is 12.5 Å². The average molecular weight is 258 g/mol. The highest BCUT2D eigenvalue weighted by molar-refractivity contribution is 5.41. The lowest BCUT2D eigenvalue weighted by atomic mass is 10.2. The van der Waals surface area contributed by atoms with Gasteiger partial charge in [0.25, 0.3) is 6.43 Å². The molecule has 1 unspecified atom stereocenters. The molecule has 18 heavy (non-hydrogen) atoms. The maximum absolute atomic E-state index is 12.5. The zero-order chi connectivity index (χ0) is 13.5. The van der Waals surface area contributed by atoms with E-state index in [0.717, 1.165) is 11.4 Å². The summed E-state index contributed by atoms with van der Waals surface area (Å²) in [7, 11) is 0. The van der Waals surface area contributed by atoms with Crippen LogP contribution in [0.1, 0.15) is 19.4 Å². The first kappa shape index (κ1) is 14.8. The highest BCUT2D eigenvalue weighted by atomic mass is 19.3. The molecule has 1 atom stereocenters. The molecule has 1 saturated heterocycles. The second-order valence-corrected chi connectivity index (χ2v) is 3.88. The highest BCUT2D eigenvalue weighted by Crippen LogP contribution is 2.18. The molecular formula is C13H20F2N2O. The number of hydrogen-bond acceptors (Lipinski definition) is 3. The van der Waals surface area contributed by atoms with Crippen molar-refractivity contribution in [1.29, 1.82) is 0 Å². The Hall–Kier alpha value is -1.23. The summed E-state index contributed by atoms with van der Waals surface area (Å²) < 4.78 is 30.0. The molecule has 1 fully saturated rings. The van der Waals surface area contributed by atoms with E-state index in [0.29, 0.717) is 13.2 Å². The molecule has 3 nitrogen and oxygen atoms in total. The third kappa shape index (κ3) is 3.91. The number of aromatic nitrogens is 1. The van der Waals surface area contributed by atoms with Crippen molar-refractivity contribution in [3.8, 4) is 0 Å². The predicted octanol–water partition coefficient (Wildman–Crippen LogP) is 2.89. The van der Waals surface area contributed by atoms with Crippen LogP contribution in [0.2, 0.25) is 0 Å². The second-order valence-electron chi connectivity index (χ2n) is 3.88. The molecule has 0 aliphatic carbocycles. The summed E-state index contributed by atoms with van der Waals surface area (Å²) in [5.41, 5.74) is 1.07. The molecule has 0 radical (unpaired) electrons. The van der Waals surface area contributed by atoms with Gasteiger partial charge in [0.1, 0.15) is 11.9 Å². The van der Waals surface area contributed by atoms with Crippen LogP contribution in [0.4, 0.5) is 14.6 Å². The van der Waals surface area contributed by atoms with Gasteiger partial charge in [0.15, 0.2) is 0 Å². The molecule has 2 rings (SSSR count). The Morgan fingerprint density at radius 2 is 2.17 bits per heavy atom. The van der Waals surface area contributed by atoms with E-state index in [4.69, 9.17) is 4.74 Å². The molecule has 0 bridgehead atoms. The number of ether oxygens (including phenoxy) is 1. The minimum atomic E-state index is -2.44. The van der Waals surface area contributed by atoms with E-state index in [1.54, 1.807) is 6.20 Å². The zero-order valence-electron chi connectivity index (χ0n) is 11.1. The Morgan fingerprint density at radius 3 is 2.78 bits per heavy atom. The quantitative estimate of drug-likeness (QED) is 0.815. The van der Waals surface area contributed by atoms with E-state index in [9.17, 15) is 8.78 Å². The number of alkyl halides is 2. The normalized spacial score (nSPS) is 19.4. The first-order valence-electron chi connectivity index (χ1n) is 6.24. The van der Waals surface area contributed by atoms with Gasteiger partial charge in [-0.2, -0.15) is 0 Å². The van der Waals surface area contributed by atoms with Gasteiger partial charge in [-0.05, 0) is 24.6 Å². The Labute approximate surface area is 107 Å². The highest BCUT2D eigenvalue weighted by Gasteiger charge is 2.28. The maximum atomic E-state index is 12.5. The fraction of sp³-hybridized carbons (Fsp3) is 0.615. The number of nitrogens with zero attached hydrogens (tertiary/aromatic N) is 2. The van der Waals surface area contributed by atoms with E-state index in [1.807, 2.05) is 37.8 Å². The smallest absolute Gasteiger partial charge is 0.266 e. The molecule has 102 valence electrons. The van der Waals surface area contributed by atoms with Gasteiger partial charge in [-0.15, -0.1) is 0 Å². The minimum absolute atomic E-state index is 0.203. The molecule has 0 saturated carbocycles. The Bertz CT molecular complexity index is 361. The predicted molar refractivity (Wildman–Crippen MR) is 68.3 cm³/mol. The summed E-state index contributed by atoms with van der Waals surface area (Å²) in [6, 6.07) is 3.78. The van der Waals surface area contributed by atoms with Crippen LogP contribution in [-0.4, -0.2) is 37.2 Å². The Balaban J connectivity index is 0.000000771. The molecular weight excluding hydrogens is 238 g/mol. The summed E-state index contributed by atoms with van der Waals surface area (Å²) in [4.78, 5) is 6.02. The largest absolute Gasteiger partial charge is 0.369 e. The average Bonchev–Trinajstić information content (AvgIpc) is 2.41. The van der Waals surface area contributed by atoms with Crippen molar-refractivity contribution in [3.63, 3.8) is 0 Å². The lowest BCUT2D eigenvalue weighted by Crippen LogP contribution is -2.46. The monoisotopic (exact) mass is 258 g/mol. The maximum Gasteiger partial charge on any atom is 0.266 e. The molecule has 0 N–H and O–H groups in total. The number of pyridine rings is 1. The van der Waals surface area contributed by atoms with Crippen LogP contribution in [0.15, 0.2) is 18.3 Å². The van der Waals surface area contributed by atoms with Crippen molar-refractivity contribution in [2.24, 2.45) is 0 Å². The number of rotatable bonds is 2. The zero-order valence-corrected chi connectivity index (χ0v) is 11.1. The van der Waals surface area contributed by atoms with Crippen LogP contribution in [-0.2, 0) is 4.74 Å². The molecule has 1 aromatic rings. The van der Waals surface area contributed by atoms with Crippen LogP contribution in [0.5, 0.6) is 0 Å². The van der Waals surface area contributed by atoms with Gasteiger partial charge in [0, 0.05) is 12.7 Å². The van der Waals surface area contributed by atoms with Gasteiger partial charge >= 0.3 is 0 Å². The van der Waals surface area contributed by atoms with Gasteiger partial charge in [-0.25, -0.2) is 13.8 Å². The van der Waals surface area contributed by atoms with Gasteiger partial charge in [-0.3, -0.25) is 0 Å². The number of hydrogen-bond donors (Lipinski definition) is 0. The van der Waals surface area contributed by atoms with Gasteiger partial charge in [-0.1, -0.05) is 13.8 Å². The molecule has 1 aliphatic rings. The van der Waals surface area contributed by atoms with Crippen molar-refractivity contribution < 1.29 is 13.5 Å². The van der Waals surface area contributed by atoms with Crippen LogP contribution in [0.3, 0.4) is 0 Å². The molecule has 5 heteroatoms. The molecule has 2 heterocycles. The van der Waals surface area contributed by atoms with Crippen molar-refractivity contribution in [2.45, 2.75) is 33.3 Å². The molecule has 0 amide bonds. The van der Waals surface area contributed by atoms with Gasteiger partial charge in [0.2, 0.25) is 0 Å². The number of aryl methyl sites for hydroxylation is 1. The topological polar surface area (TPSA) is 25.4 Å². The van der Waals surface area contributed by atoms with Crippen LogP contribution in [0, 0.1) is 6.92 Å². The van der Waals surface area contributed by atoms with Gasteiger partial charge in [0.05, 0.1) is 13.2 Å². The fourth-order valence-corrected chi connectivity index (χ4v) is 1.73. The standard InChI is InChI=1S/C11H14F2N2O.C2H6/c1-8-2-3-14-10(6-8)15-4-5-16-9(7-15)11(12)13;1-2/h2-3,6,9,11H,4-5,7H2,1H3;1-2H3. The summed E-state index contributed by atoms with van der Waals surface area (Å²) in [6.07, 6.45) is -1.75. The van der Waals surface area contributed by atoms with Gasteiger partial charge < -0.3 is 9.64 Å². The molecule has 0 aromatic carbocycles. The molecule has 1 aromatic heterocycles. The Morgan fingerprint density at radius 1 is 1.44 bits per heavy atom. The fourth-order valence-electron chi connectivity index (χ4n) is 1.73. The third-order valence-corrected chi connectivity index (χ3v) is 2.60. The van der Waals surface area contributed by atoms with E-state index in [-0.39, 0.29) is 6.54 Å². The van der Waals surface area contributed by atoms with Crippen molar-refractivity contribution in [1.82, 2.24) is 4.98 Å². The second kappa shape index (κ2) is 7.26. The number of halogens is 2. The third-order valence-electron chi connectivity index (χ3n) is 2.60. The van der Waals surface area contributed by atoms with Crippen LogP contribution < -0.4 is 4.90 Å². The van der Waals surface area contributed by atoms with Crippen molar-refractivity contribution >= 4 is 5.82 Å². The molecule has 0 spiro atoms. The van der Waals surface area contributed by atoms with E-state index in [1.165, 1.54) is 0 Å². The first-order chi connectivity index (χ1) is 8.66. The lowest BCUT2D eigenvalue weighted by molar-refractivity contribution is -0.0615. The molecule has 1 aliphatic heterocycles. The Kier molecular flexibility index (Phi) is 5.98. The first-order valence-corrected chi connectivity index (χ1v) is 6.24. The summed E-state index contributed by atoms with van der Waals surface area (Å²) in [5.74, 6) is 0.744. The SMILES string of the molecule is CC.Cc1ccnc(N2CCOC(C(F)F)C2)c1. The summed E-state index contributed by atoms with van der Waals surface area (Å²) in [6.45, 7) is 7.09. The van der Waals surface area contributed by atoms with Crippen molar-refractivity contribution in [2.75, 3.05) is 24.6 Å². The summed E-state index contributed by atoms with van der Waals surface area (Å²) >= 11 is 0. The van der Waals surface area contributed by atoms with E-state index in [2.05, 4.69) is 4.98 Å². The van der Waals surface area contributed by atoms with E-state index >= 15 is 0 Å². The number of morpholine rings is 1. The minimum Gasteiger partial charge on any atom is -0.369 e. The van der Waals surface area contributed by atoms with Crippen molar-refractivity contribution in [3.05, 3.63) is 23.9 Å². The summed E-state index contributed by atoms with van der Waals surface area (Å²) in [5, 5.41) is 0. The number of anilines is 1. The van der Waals surface area contributed by atoms with Crippen LogP contribution >= 0.6 is 0 Å². The van der Waals surface area contributed by atoms with Crippen LogP contribution in [0.25, 0.3) is 0 Å².